The Bertz CT molecular complexity index is 851. The summed E-state index contributed by atoms with van der Waals surface area (Å²) >= 11 is 6.88. The number of ketones is 1. The van der Waals surface area contributed by atoms with Gasteiger partial charge in [0.2, 0.25) is 5.88 Å². The number of nitriles is 1. The van der Waals surface area contributed by atoms with Gasteiger partial charge in [0.1, 0.15) is 11.6 Å². The van der Waals surface area contributed by atoms with Crippen LogP contribution in [0.5, 0.6) is 5.88 Å². The minimum atomic E-state index is -0.684. The van der Waals surface area contributed by atoms with Crippen molar-refractivity contribution in [2.45, 2.75) is 11.8 Å². The molecule has 0 atom stereocenters. The van der Waals surface area contributed by atoms with E-state index in [9.17, 15) is 20.0 Å². The summed E-state index contributed by atoms with van der Waals surface area (Å²) in [6.07, 6.45) is 1.63. The molecule has 0 spiro atoms. The van der Waals surface area contributed by atoms with Gasteiger partial charge in [-0.25, -0.2) is 4.57 Å². The number of benzene rings is 1. The molecule has 7 heteroatoms. The number of thioether (sulfide) groups is 1. The lowest BCUT2D eigenvalue weighted by molar-refractivity contribution is 0.101. The lowest BCUT2D eigenvalue weighted by atomic mass is 10.1. The first-order chi connectivity index (χ1) is 10.4. The molecular formula is C15H11ClN2O3S. The van der Waals surface area contributed by atoms with E-state index in [2.05, 4.69) is 0 Å². The highest BCUT2D eigenvalue weighted by molar-refractivity contribution is 7.98. The van der Waals surface area contributed by atoms with Gasteiger partial charge >= 0.3 is 0 Å². The molecule has 0 aliphatic rings. The number of Topliss-reactive ketones (excluding diaryl/α,β-unsaturated/α-hetero) is 1. The van der Waals surface area contributed by atoms with Crippen LogP contribution in [0.1, 0.15) is 22.8 Å². The Morgan fingerprint density at radius 2 is 1.95 bits per heavy atom. The molecule has 0 fully saturated rings. The van der Waals surface area contributed by atoms with E-state index < -0.39 is 17.2 Å². The highest BCUT2D eigenvalue weighted by Crippen LogP contribution is 2.31. The number of hydrogen-bond donors (Lipinski definition) is 1. The Morgan fingerprint density at radius 3 is 2.41 bits per heavy atom. The number of carbonyl (C=O) groups excluding carboxylic acids is 1. The molecule has 1 aromatic carbocycles. The highest BCUT2D eigenvalue weighted by Gasteiger charge is 2.24. The molecule has 2 rings (SSSR count). The van der Waals surface area contributed by atoms with E-state index in [4.69, 9.17) is 11.6 Å². The normalized spacial score (nSPS) is 10.3. The molecule has 0 aliphatic carbocycles. The summed E-state index contributed by atoms with van der Waals surface area (Å²) in [5, 5.41) is 20.1. The second-order valence-corrected chi connectivity index (χ2v) is 5.64. The summed E-state index contributed by atoms with van der Waals surface area (Å²) in [4.78, 5) is 24.5. The average molecular weight is 335 g/mol. The molecule has 2 aromatic rings. The molecule has 0 radical (unpaired) electrons. The summed E-state index contributed by atoms with van der Waals surface area (Å²) in [6.45, 7) is 1.27. The van der Waals surface area contributed by atoms with Crippen molar-refractivity contribution in [1.29, 1.82) is 5.26 Å². The smallest absolute Gasteiger partial charge is 0.277 e. The molecular weight excluding hydrogens is 324 g/mol. The monoisotopic (exact) mass is 334 g/mol. The summed E-state index contributed by atoms with van der Waals surface area (Å²) in [5.41, 5.74) is -0.584. The second kappa shape index (κ2) is 6.26. The van der Waals surface area contributed by atoms with Gasteiger partial charge in [0.15, 0.2) is 5.78 Å². The summed E-state index contributed by atoms with van der Waals surface area (Å²) in [5.74, 6) is -0.913. The number of aromatic hydroxyl groups is 1. The van der Waals surface area contributed by atoms with E-state index in [0.29, 0.717) is 10.7 Å². The van der Waals surface area contributed by atoms with Crippen molar-refractivity contribution in [3.63, 3.8) is 0 Å². The fourth-order valence-corrected chi connectivity index (χ4v) is 3.00. The molecule has 5 nitrogen and oxygen atoms in total. The van der Waals surface area contributed by atoms with Gasteiger partial charge in [-0.15, -0.1) is 11.8 Å². The zero-order valence-electron chi connectivity index (χ0n) is 11.8. The third kappa shape index (κ3) is 2.61. The first-order valence-electron chi connectivity index (χ1n) is 6.15. The molecule has 0 aliphatic heterocycles. The van der Waals surface area contributed by atoms with E-state index >= 15 is 0 Å². The van der Waals surface area contributed by atoms with Gasteiger partial charge in [-0.1, -0.05) is 11.6 Å². The van der Waals surface area contributed by atoms with Crippen LogP contribution in [0.3, 0.4) is 0 Å². The van der Waals surface area contributed by atoms with Gasteiger partial charge in [-0.05, 0) is 37.4 Å². The molecule has 1 heterocycles. The topological polar surface area (TPSA) is 83.1 Å². The van der Waals surface area contributed by atoms with Gasteiger partial charge in [0, 0.05) is 9.92 Å². The Kier molecular flexibility index (Phi) is 4.59. The SMILES string of the molecule is CSc1c(C(C)=O)c(O)n(-c2ccc(Cl)cc2)c(=O)c1C#N. The van der Waals surface area contributed by atoms with Crippen LogP contribution in [-0.4, -0.2) is 21.7 Å². The maximum atomic E-state index is 12.5. The summed E-state index contributed by atoms with van der Waals surface area (Å²) in [6, 6.07) is 7.95. The highest BCUT2D eigenvalue weighted by atomic mass is 35.5. The molecule has 0 amide bonds. The second-order valence-electron chi connectivity index (χ2n) is 4.39. The number of halogens is 1. The van der Waals surface area contributed by atoms with Crippen LogP contribution in [0.4, 0.5) is 0 Å². The summed E-state index contributed by atoms with van der Waals surface area (Å²) in [7, 11) is 0. The van der Waals surface area contributed by atoms with Crippen LogP contribution in [0.15, 0.2) is 34.0 Å². The van der Waals surface area contributed by atoms with Crippen molar-refractivity contribution in [1.82, 2.24) is 4.57 Å². The van der Waals surface area contributed by atoms with E-state index in [0.717, 1.165) is 16.3 Å². The van der Waals surface area contributed by atoms with Gasteiger partial charge < -0.3 is 5.11 Å². The number of aromatic nitrogens is 1. The minimum absolute atomic E-state index is 0.0430. The molecule has 22 heavy (non-hydrogen) atoms. The summed E-state index contributed by atoms with van der Waals surface area (Å²) < 4.78 is 0.936. The average Bonchev–Trinajstić information content (AvgIpc) is 2.48. The van der Waals surface area contributed by atoms with Gasteiger partial charge in [0.25, 0.3) is 5.56 Å². The molecule has 0 saturated carbocycles. The predicted octanol–water partition coefficient (Wildman–Crippen LogP) is 2.99. The molecule has 1 aromatic heterocycles. The maximum Gasteiger partial charge on any atom is 0.277 e. The van der Waals surface area contributed by atoms with Crippen LogP contribution >= 0.6 is 23.4 Å². The lowest BCUT2D eigenvalue weighted by Crippen LogP contribution is -2.24. The Hall–Kier alpha value is -2.23. The van der Waals surface area contributed by atoms with Gasteiger partial charge in [-0.3, -0.25) is 9.59 Å². The van der Waals surface area contributed by atoms with Crippen LogP contribution in [0.2, 0.25) is 5.02 Å². The largest absolute Gasteiger partial charge is 0.494 e. The van der Waals surface area contributed by atoms with Crippen LogP contribution in [0.25, 0.3) is 5.69 Å². The zero-order chi connectivity index (χ0) is 16.4. The Labute approximate surface area is 135 Å². The van der Waals surface area contributed by atoms with Crippen LogP contribution < -0.4 is 5.56 Å². The fraction of sp³-hybridized carbons (Fsp3) is 0.133. The first-order valence-corrected chi connectivity index (χ1v) is 7.75. The van der Waals surface area contributed by atoms with Gasteiger partial charge in [0.05, 0.1) is 11.3 Å². The van der Waals surface area contributed by atoms with Crippen molar-refractivity contribution in [3.05, 3.63) is 50.8 Å². The third-order valence-electron chi connectivity index (χ3n) is 3.06. The van der Waals surface area contributed by atoms with Crippen molar-refractivity contribution in [3.8, 4) is 17.6 Å². The lowest BCUT2D eigenvalue weighted by Gasteiger charge is -2.15. The van der Waals surface area contributed by atoms with Gasteiger partial charge in [-0.2, -0.15) is 5.26 Å². The molecule has 0 saturated heterocycles. The Morgan fingerprint density at radius 1 is 1.36 bits per heavy atom. The van der Waals surface area contributed by atoms with Crippen molar-refractivity contribution in [2.24, 2.45) is 0 Å². The first kappa shape index (κ1) is 16.1. The standard InChI is InChI=1S/C15H11ClN2O3S/c1-8(19)12-13(22-2)11(7-17)14(20)18(15(12)21)10-5-3-9(16)4-6-10/h3-6,21H,1-2H3. The molecule has 112 valence electrons. The van der Waals surface area contributed by atoms with Crippen molar-refractivity contribution in [2.75, 3.05) is 6.26 Å². The third-order valence-corrected chi connectivity index (χ3v) is 4.13. The van der Waals surface area contributed by atoms with Crippen LogP contribution in [-0.2, 0) is 0 Å². The zero-order valence-corrected chi connectivity index (χ0v) is 13.3. The fourth-order valence-electron chi connectivity index (χ4n) is 2.09. The van der Waals surface area contributed by atoms with Crippen LogP contribution in [0, 0.1) is 11.3 Å². The van der Waals surface area contributed by atoms with E-state index in [-0.39, 0.29) is 16.0 Å². The maximum absolute atomic E-state index is 12.5. The molecule has 0 unspecified atom stereocenters. The number of rotatable bonds is 3. The van der Waals surface area contributed by atoms with E-state index in [1.165, 1.54) is 19.1 Å². The van der Waals surface area contributed by atoms with Crippen molar-refractivity contribution >= 4 is 29.1 Å². The van der Waals surface area contributed by atoms with E-state index in [1.807, 2.05) is 6.07 Å². The number of carbonyl (C=O) groups is 1. The number of nitrogens with zero attached hydrogens (tertiary/aromatic N) is 2. The number of pyridine rings is 1. The predicted molar refractivity (Wildman–Crippen MR) is 85.2 cm³/mol. The molecule has 0 bridgehead atoms. The quantitative estimate of drug-likeness (QED) is 0.689. The number of hydrogen-bond acceptors (Lipinski definition) is 5. The Balaban J connectivity index is 2.95. The van der Waals surface area contributed by atoms with E-state index in [1.54, 1.807) is 18.4 Å². The molecule has 1 N–H and O–H groups in total. The minimum Gasteiger partial charge on any atom is -0.494 e. The van der Waals surface area contributed by atoms with Crippen molar-refractivity contribution < 1.29 is 9.90 Å².